The Kier molecular flexibility index (Phi) is 6.35. The lowest BCUT2D eigenvalue weighted by molar-refractivity contribution is -0.117. The van der Waals surface area contributed by atoms with Crippen LogP contribution in [0.3, 0.4) is 0 Å². The van der Waals surface area contributed by atoms with Gasteiger partial charge in [-0.2, -0.15) is 4.99 Å². The van der Waals surface area contributed by atoms with E-state index in [-0.39, 0.29) is 26.9 Å². The Morgan fingerprint density at radius 2 is 2.07 bits per heavy atom. The molecule has 0 saturated carbocycles. The molecule has 12 heteroatoms. The monoisotopic (exact) mass is 477 g/mol. The lowest BCUT2D eigenvalue weighted by Gasteiger charge is -2.24. The standard InChI is InChI=1S/C18H21ClFN3O5S2/c1-18(2,3)28-17(25)21-7-15(24)22-16-23(10-4-5-11(19)12(20)6-10)13-8-30(26,27)9-14(13)29-16/h4-6,13-14H,7-9H2,1-3H3,(H,21,25)/t13-,14-/m1/s1. The predicted molar refractivity (Wildman–Crippen MR) is 114 cm³/mol. The summed E-state index contributed by atoms with van der Waals surface area (Å²) < 4.78 is 43.2. The van der Waals surface area contributed by atoms with E-state index in [1.165, 1.54) is 18.2 Å². The number of ether oxygens (including phenoxy) is 1. The van der Waals surface area contributed by atoms with Gasteiger partial charge in [0.2, 0.25) is 0 Å². The molecule has 0 radical (unpaired) electrons. The van der Waals surface area contributed by atoms with E-state index in [4.69, 9.17) is 16.3 Å². The van der Waals surface area contributed by atoms with Crippen LogP contribution < -0.4 is 10.2 Å². The average molecular weight is 478 g/mol. The number of halogens is 2. The van der Waals surface area contributed by atoms with E-state index in [9.17, 15) is 22.4 Å². The summed E-state index contributed by atoms with van der Waals surface area (Å²) in [4.78, 5) is 29.6. The van der Waals surface area contributed by atoms with Crippen LogP contribution in [0.4, 0.5) is 14.9 Å². The van der Waals surface area contributed by atoms with Crippen LogP contribution in [0.1, 0.15) is 20.8 Å². The maximum Gasteiger partial charge on any atom is 0.408 e. The number of anilines is 1. The number of alkyl carbamates (subject to hydrolysis) is 1. The van der Waals surface area contributed by atoms with Crippen LogP contribution in [0.15, 0.2) is 23.2 Å². The summed E-state index contributed by atoms with van der Waals surface area (Å²) >= 11 is 6.90. The second kappa shape index (κ2) is 8.35. The summed E-state index contributed by atoms with van der Waals surface area (Å²) in [5.41, 5.74) is -0.362. The van der Waals surface area contributed by atoms with Crippen LogP contribution in [0, 0.1) is 5.82 Å². The summed E-state index contributed by atoms with van der Waals surface area (Å²) in [6.45, 7) is 4.69. The lowest BCUT2D eigenvalue weighted by Crippen LogP contribution is -2.38. The molecule has 0 spiro atoms. The Hall–Kier alpha value is -1.85. The van der Waals surface area contributed by atoms with Gasteiger partial charge in [-0.1, -0.05) is 23.4 Å². The van der Waals surface area contributed by atoms with Gasteiger partial charge in [0.05, 0.1) is 22.6 Å². The van der Waals surface area contributed by atoms with E-state index in [2.05, 4.69) is 10.3 Å². The number of rotatable bonds is 3. The first kappa shape index (κ1) is 22.8. The molecule has 2 heterocycles. The first-order valence-corrected chi connectivity index (χ1v) is 12.1. The second-order valence-electron chi connectivity index (χ2n) is 7.91. The topological polar surface area (TPSA) is 105 Å². The number of aliphatic imine (C=N–C) groups is 1. The van der Waals surface area contributed by atoms with E-state index >= 15 is 0 Å². The fourth-order valence-corrected chi connectivity index (χ4v) is 7.16. The molecule has 30 heavy (non-hydrogen) atoms. The van der Waals surface area contributed by atoms with Crippen LogP contribution in [0.2, 0.25) is 5.02 Å². The molecule has 2 fully saturated rings. The van der Waals surface area contributed by atoms with Crippen LogP contribution in [0.5, 0.6) is 0 Å². The number of amidine groups is 1. The largest absolute Gasteiger partial charge is 0.444 e. The first-order chi connectivity index (χ1) is 13.8. The number of hydrogen-bond acceptors (Lipinski definition) is 6. The molecular weight excluding hydrogens is 457 g/mol. The molecule has 2 amide bonds. The fourth-order valence-electron chi connectivity index (χ4n) is 3.11. The zero-order valence-corrected chi connectivity index (χ0v) is 18.9. The lowest BCUT2D eigenvalue weighted by atomic mass is 10.2. The molecular formula is C18H21ClFN3O5S2. The molecule has 2 aliphatic heterocycles. The van der Waals surface area contributed by atoms with Gasteiger partial charge in [0.25, 0.3) is 5.91 Å². The van der Waals surface area contributed by atoms with Gasteiger partial charge in [0, 0.05) is 10.9 Å². The van der Waals surface area contributed by atoms with E-state index in [1.807, 2.05) is 0 Å². The highest BCUT2D eigenvalue weighted by atomic mass is 35.5. The Morgan fingerprint density at radius 1 is 1.37 bits per heavy atom. The number of fused-ring (bicyclic) bond motifs is 1. The van der Waals surface area contributed by atoms with Crippen LogP contribution in [-0.4, -0.2) is 60.5 Å². The maximum atomic E-state index is 14.0. The Balaban J connectivity index is 1.80. The smallest absolute Gasteiger partial charge is 0.408 e. The van der Waals surface area contributed by atoms with Gasteiger partial charge in [-0.15, -0.1) is 0 Å². The number of benzene rings is 1. The molecule has 2 atom stereocenters. The molecule has 0 aliphatic carbocycles. The molecule has 1 aromatic rings. The van der Waals surface area contributed by atoms with Gasteiger partial charge in [-0.05, 0) is 39.0 Å². The number of nitrogens with zero attached hydrogens (tertiary/aromatic N) is 2. The summed E-state index contributed by atoms with van der Waals surface area (Å²) in [7, 11) is -3.25. The van der Waals surface area contributed by atoms with E-state index in [1.54, 1.807) is 25.7 Å². The Labute approximate surface area is 183 Å². The van der Waals surface area contributed by atoms with Crippen molar-refractivity contribution in [2.24, 2.45) is 4.99 Å². The Bertz CT molecular complexity index is 1010. The Morgan fingerprint density at radius 3 is 2.70 bits per heavy atom. The zero-order chi connectivity index (χ0) is 22.3. The minimum Gasteiger partial charge on any atom is -0.444 e. The summed E-state index contributed by atoms with van der Waals surface area (Å²) in [5.74, 6) is -1.50. The summed E-state index contributed by atoms with van der Waals surface area (Å²) in [5, 5.41) is 2.17. The van der Waals surface area contributed by atoms with Gasteiger partial charge < -0.3 is 15.0 Å². The highest BCUT2D eigenvalue weighted by Gasteiger charge is 2.49. The van der Waals surface area contributed by atoms with Gasteiger partial charge in [0.1, 0.15) is 18.0 Å². The number of carbonyl (C=O) groups is 2. The van der Waals surface area contributed by atoms with Gasteiger partial charge in [0.15, 0.2) is 15.0 Å². The third-order valence-corrected chi connectivity index (χ3v) is 7.77. The number of amides is 2. The molecule has 8 nitrogen and oxygen atoms in total. The van der Waals surface area contributed by atoms with Crippen molar-refractivity contribution in [3.63, 3.8) is 0 Å². The quantitative estimate of drug-likeness (QED) is 0.713. The fraction of sp³-hybridized carbons (Fsp3) is 0.500. The van der Waals surface area contributed by atoms with E-state index < -0.39 is 45.8 Å². The second-order valence-corrected chi connectivity index (χ2v) is 11.7. The van der Waals surface area contributed by atoms with Crippen LogP contribution >= 0.6 is 23.4 Å². The van der Waals surface area contributed by atoms with Crippen LogP contribution in [-0.2, 0) is 19.4 Å². The highest BCUT2D eigenvalue weighted by Crippen LogP contribution is 2.41. The number of hydrogen-bond donors (Lipinski definition) is 1. The van der Waals surface area contributed by atoms with Gasteiger partial charge >= 0.3 is 6.09 Å². The van der Waals surface area contributed by atoms with E-state index in [0.717, 1.165) is 11.8 Å². The van der Waals surface area contributed by atoms with Crippen molar-refractivity contribution in [3.05, 3.63) is 29.0 Å². The van der Waals surface area contributed by atoms with Crippen molar-refractivity contribution in [2.75, 3.05) is 23.0 Å². The summed E-state index contributed by atoms with van der Waals surface area (Å²) in [6.07, 6.45) is -0.755. The number of sulfone groups is 1. The number of nitrogens with one attached hydrogen (secondary N) is 1. The minimum atomic E-state index is -3.25. The van der Waals surface area contributed by atoms with Crippen molar-refractivity contribution in [1.82, 2.24) is 5.32 Å². The third kappa shape index (κ3) is 5.44. The molecule has 1 aromatic carbocycles. The molecule has 3 rings (SSSR count). The SMILES string of the molecule is CC(C)(C)OC(=O)NCC(=O)N=C1S[C@@H]2CS(=O)(=O)C[C@H]2N1c1ccc(Cl)c(F)c1. The van der Waals surface area contributed by atoms with Crippen molar-refractivity contribution in [2.45, 2.75) is 37.7 Å². The predicted octanol–water partition coefficient (Wildman–Crippen LogP) is 2.61. The molecule has 0 unspecified atom stereocenters. The molecule has 164 valence electrons. The highest BCUT2D eigenvalue weighted by molar-refractivity contribution is 8.16. The van der Waals surface area contributed by atoms with Gasteiger partial charge in [-0.3, -0.25) is 4.79 Å². The van der Waals surface area contributed by atoms with Crippen molar-refractivity contribution >= 4 is 56.1 Å². The maximum absolute atomic E-state index is 14.0. The molecule has 0 aromatic heterocycles. The van der Waals surface area contributed by atoms with Gasteiger partial charge in [-0.25, -0.2) is 17.6 Å². The zero-order valence-electron chi connectivity index (χ0n) is 16.5. The summed E-state index contributed by atoms with van der Waals surface area (Å²) in [6, 6.07) is 3.59. The number of thioether (sulfide) groups is 1. The molecule has 2 aliphatic rings. The minimum absolute atomic E-state index is 0.0573. The molecule has 0 bridgehead atoms. The average Bonchev–Trinajstić information content (AvgIpc) is 3.05. The van der Waals surface area contributed by atoms with Crippen molar-refractivity contribution in [3.8, 4) is 0 Å². The first-order valence-electron chi connectivity index (χ1n) is 9.04. The van der Waals surface area contributed by atoms with E-state index in [0.29, 0.717) is 5.69 Å². The number of carbonyl (C=O) groups excluding carboxylic acids is 2. The normalized spacial score (nSPS) is 24.0. The third-order valence-electron chi connectivity index (χ3n) is 4.25. The van der Waals surface area contributed by atoms with Crippen molar-refractivity contribution < 1.29 is 27.1 Å². The van der Waals surface area contributed by atoms with Crippen molar-refractivity contribution in [1.29, 1.82) is 0 Å². The molecule has 1 N–H and O–H groups in total. The van der Waals surface area contributed by atoms with Crippen LogP contribution in [0.25, 0.3) is 0 Å². The molecule has 2 saturated heterocycles.